The number of aliphatic hydroxyl groups is 1. The van der Waals surface area contributed by atoms with E-state index in [1.807, 2.05) is 34.6 Å². The zero-order valence-electron chi connectivity index (χ0n) is 11.6. The van der Waals surface area contributed by atoms with Crippen LogP contribution in [0.25, 0.3) is 0 Å². The minimum Gasteiger partial charge on any atom is -0.392 e. The molecule has 0 aromatic rings. The molecule has 15 heavy (non-hydrogen) atoms. The third kappa shape index (κ3) is 6.50. The van der Waals surface area contributed by atoms with Crippen LogP contribution < -0.4 is 5.32 Å². The second kappa shape index (κ2) is 11.5. The molecule has 0 saturated carbocycles. The van der Waals surface area contributed by atoms with Gasteiger partial charge in [-0.25, -0.2) is 0 Å². The van der Waals surface area contributed by atoms with Crippen LogP contribution in [0.1, 0.15) is 54.9 Å². The Morgan fingerprint density at radius 3 is 1.73 bits per heavy atom. The van der Waals surface area contributed by atoms with Gasteiger partial charge in [-0.3, -0.25) is 4.79 Å². The SMILES string of the molecule is CC.CC.CCC(C)(C(=O)NC)C(C)O. The van der Waals surface area contributed by atoms with E-state index < -0.39 is 11.5 Å². The number of amides is 1. The molecule has 0 heterocycles. The average molecular weight is 219 g/mol. The minimum atomic E-state index is -0.644. The molecule has 94 valence electrons. The van der Waals surface area contributed by atoms with Crippen molar-refractivity contribution in [3.05, 3.63) is 0 Å². The molecule has 0 rings (SSSR count). The van der Waals surface area contributed by atoms with Gasteiger partial charge in [-0.2, -0.15) is 0 Å². The molecule has 0 aromatic heterocycles. The first-order valence-electron chi connectivity index (χ1n) is 5.89. The van der Waals surface area contributed by atoms with Crippen LogP contribution in [0, 0.1) is 5.41 Å². The molecule has 1 amide bonds. The molecule has 0 bridgehead atoms. The lowest BCUT2D eigenvalue weighted by molar-refractivity contribution is -0.135. The van der Waals surface area contributed by atoms with Crippen LogP contribution in [-0.2, 0) is 4.79 Å². The Kier molecular flexibility index (Phi) is 15.3. The van der Waals surface area contributed by atoms with Crippen molar-refractivity contribution in [2.45, 2.75) is 61.0 Å². The molecule has 0 aliphatic carbocycles. The van der Waals surface area contributed by atoms with Crippen LogP contribution in [0.3, 0.4) is 0 Å². The van der Waals surface area contributed by atoms with Crippen molar-refractivity contribution in [3.63, 3.8) is 0 Å². The van der Waals surface area contributed by atoms with Crippen molar-refractivity contribution in [3.8, 4) is 0 Å². The zero-order valence-corrected chi connectivity index (χ0v) is 11.6. The van der Waals surface area contributed by atoms with Gasteiger partial charge in [0, 0.05) is 7.05 Å². The molecule has 0 radical (unpaired) electrons. The van der Waals surface area contributed by atoms with Crippen LogP contribution in [0.5, 0.6) is 0 Å². The highest BCUT2D eigenvalue weighted by Gasteiger charge is 2.35. The summed E-state index contributed by atoms with van der Waals surface area (Å²) in [6.45, 7) is 13.3. The monoisotopic (exact) mass is 219 g/mol. The molecule has 0 aliphatic rings. The first-order valence-corrected chi connectivity index (χ1v) is 5.89. The predicted octanol–water partition coefficient (Wildman–Crippen LogP) is 2.58. The first-order chi connectivity index (χ1) is 6.99. The van der Waals surface area contributed by atoms with Crippen LogP contribution in [0.15, 0.2) is 0 Å². The number of hydrogen-bond acceptors (Lipinski definition) is 2. The third-order valence-electron chi connectivity index (χ3n) is 2.40. The van der Waals surface area contributed by atoms with Crippen LogP contribution >= 0.6 is 0 Å². The Morgan fingerprint density at radius 2 is 1.67 bits per heavy atom. The lowest BCUT2D eigenvalue weighted by atomic mass is 9.81. The summed E-state index contributed by atoms with van der Waals surface area (Å²) in [7, 11) is 1.58. The highest BCUT2D eigenvalue weighted by Crippen LogP contribution is 2.25. The summed E-state index contributed by atoms with van der Waals surface area (Å²) in [6, 6.07) is 0. The molecule has 0 aromatic carbocycles. The van der Waals surface area contributed by atoms with Gasteiger partial charge in [0.15, 0.2) is 0 Å². The molecule has 0 fully saturated rings. The second-order valence-electron chi connectivity index (χ2n) is 3.03. The number of carbonyl (C=O) groups excluding carboxylic acids is 1. The van der Waals surface area contributed by atoms with Gasteiger partial charge in [0.05, 0.1) is 11.5 Å². The lowest BCUT2D eigenvalue weighted by Crippen LogP contribution is -2.43. The molecule has 2 N–H and O–H groups in total. The first kappa shape index (κ1) is 19.9. The summed E-state index contributed by atoms with van der Waals surface area (Å²) in [4.78, 5) is 11.2. The predicted molar refractivity (Wildman–Crippen MR) is 66.8 cm³/mol. The highest BCUT2D eigenvalue weighted by atomic mass is 16.3. The Labute approximate surface area is 95.3 Å². The number of rotatable bonds is 3. The maximum Gasteiger partial charge on any atom is 0.228 e. The Hall–Kier alpha value is -0.570. The van der Waals surface area contributed by atoms with E-state index in [0.717, 1.165) is 0 Å². The second-order valence-corrected chi connectivity index (χ2v) is 3.03. The van der Waals surface area contributed by atoms with Crippen molar-refractivity contribution in [2.24, 2.45) is 5.41 Å². The van der Waals surface area contributed by atoms with Crippen molar-refractivity contribution < 1.29 is 9.90 Å². The fraction of sp³-hybridized carbons (Fsp3) is 0.917. The van der Waals surface area contributed by atoms with Gasteiger partial charge in [-0.1, -0.05) is 34.6 Å². The van der Waals surface area contributed by atoms with Crippen LogP contribution in [0.4, 0.5) is 0 Å². The number of aliphatic hydroxyl groups excluding tert-OH is 1. The molecule has 2 unspecified atom stereocenters. The molecule has 3 nitrogen and oxygen atoms in total. The van der Waals surface area contributed by atoms with Crippen molar-refractivity contribution in [1.82, 2.24) is 5.32 Å². The van der Waals surface area contributed by atoms with Gasteiger partial charge in [0.2, 0.25) is 5.91 Å². The van der Waals surface area contributed by atoms with E-state index in [0.29, 0.717) is 6.42 Å². The minimum absolute atomic E-state index is 0.102. The van der Waals surface area contributed by atoms with E-state index in [4.69, 9.17) is 0 Å². The number of nitrogens with one attached hydrogen (secondary N) is 1. The van der Waals surface area contributed by atoms with E-state index in [1.165, 1.54) is 0 Å². The summed E-state index contributed by atoms with van der Waals surface area (Å²) in [5.41, 5.74) is -0.644. The van der Waals surface area contributed by atoms with Crippen molar-refractivity contribution in [1.29, 1.82) is 0 Å². The van der Waals surface area contributed by atoms with E-state index in [-0.39, 0.29) is 5.91 Å². The smallest absolute Gasteiger partial charge is 0.228 e. The largest absolute Gasteiger partial charge is 0.392 e. The number of hydrogen-bond donors (Lipinski definition) is 2. The summed E-state index contributed by atoms with van der Waals surface area (Å²) in [5.74, 6) is -0.102. The van der Waals surface area contributed by atoms with Crippen LogP contribution in [-0.4, -0.2) is 24.2 Å². The zero-order chi connectivity index (χ0) is 13.1. The van der Waals surface area contributed by atoms with Crippen LogP contribution in [0.2, 0.25) is 0 Å². The summed E-state index contributed by atoms with van der Waals surface area (Å²) < 4.78 is 0. The lowest BCUT2D eigenvalue weighted by Gasteiger charge is -2.28. The van der Waals surface area contributed by atoms with Gasteiger partial charge >= 0.3 is 0 Å². The van der Waals surface area contributed by atoms with E-state index in [1.54, 1.807) is 20.9 Å². The van der Waals surface area contributed by atoms with Gasteiger partial charge in [0.1, 0.15) is 0 Å². The highest BCUT2D eigenvalue weighted by molar-refractivity contribution is 5.82. The van der Waals surface area contributed by atoms with E-state index in [9.17, 15) is 9.90 Å². The standard InChI is InChI=1S/C8H17NO2.2C2H6/c1-5-8(3,6(2)10)7(11)9-4;2*1-2/h6,10H,5H2,1-4H3,(H,9,11);2*1-2H3. The fourth-order valence-electron chi connectivity index (χ4n) is 0.931. The average Bonchev–Trinajstić information content (AvgIpc) is 2.31. The number of carbonyl (C=O) groups is 1. The molecule has 3 heteroatoms. The summed E-state index contributed by atoms with van der Waals surface area (Å²) in [6.07, 6.45) is 0.0390. The summed E-state index contributed by atoms with van der Waals surface area (Å²) in [5, 5.41) is 11.9. The van der Waals surface area contributed by atoms with Gasteiger partial charge in [0.25, 0.3) is 0 Å². The van der Waals surface area contributed by atoms with E-state index >= 15 is 0 Å². The van der Waals surface area contributed by atoms with Crippen molar-refractivity contribution >= 4 is 5.91 Å². The topological polar surface area (TPSA) is 49.3 Å². The van der Waals surface area contributed by atoms with Gasteiger partial charge in [-0.15, -0.1) is 0 Å². The maximum absolute atomic E-state index is 11.2. The van der Waals surface area contributed by atoms with Gasteiger partial charge < -0.3 is 10.4 Å². The van der Waals surface area contributed by atoms with E-state index in [2.05, 4.69) is 5.32 Å². The van der Waals surface area contributed by atoms with Crippen molar-refractivity contribution in [2.75, 3.05) is 7.05 Å². The third-order valence-corrected chi connectivity index (χ3v) is 2.40. The molecular formula is C12H29NO2. The maximum atomic E-state index is 11.2. The fourth-order valence-corrected chi connectivity index (χ4v) is 0.931. The summed E-state index contributed by atoms with van der Waals surface area (Å²) >= 11 is 0. The molecule has 2 atom stereocenters. The molecule has 0 saturated heterocycles. The Morgan fingerprint density at radius 1 is 1.33 bits per heavy atom. The molecular weight excluding hydrogens is 190 g/mol. The molecule has 0 aliphatic heterocycles. The Balaban J connectivity index is -0.000000318. The normalized spacial score (nSPS) is 14.5. The Bertz CT molecular complexity index is 147. The van der Waals surface area contributed by atoms with Gasteiger partial charge in [-0.05, 0) is 20.3 Å². The molecule has 0 spiro atoms. The quantitative estimate of drug-likeness (QED) is 0.766.